The molecule has 0 fully saturated rings. The average Bonchev–Trinajstić information content (AvgIpc) is 2.40. The standard InChI is InChI=1S/C13H13N3O2/c1-15-10-2-4-11(5-3-10)18-12-8-9(13(14)17)6-7-16-12/h2-8,15H,1H3,(H2,14,17). The number of nitrogens with one attached hydrogen (secondary N) is 1. The molecule has 0 atom stereocenters. The van der Waals surface area contributed by atoms with E-state index >= 15 is 0 Å². The van der Waals surface area contributed by atoms with E-state index in [1.54, 1.807) is 6.07 Å². The van der Waals surface area contributed by atoms with E-state index in [1.807, 2.05) is 31.3 Å². The Kier molecular flexibility index (Phi) is 3.43. The summed E-state index contributed by atoms with van der Waals surface area (Å²) in [7, 11) is 1.84. The number of benzene rings is 1. The minimum absolute atomic E-state index is 0.337. The fraction of sp³-hybridized carbons (Fsp3) is 0.0769. The molecule has 2 rings (SSSR count). The molecule has 92 valence electrons. The predicted molar refractivity (Wildman–Crippen MR) is 68.8 cm³/mol. The lowest BCUT2D eigenvalue weighted by Gasteiger charge is -2.06. The highest BCUT2D eigenvalue weighted by Gasteiger charge is 2.04. The summed E-state index contributed by atoms with van der Waals surface area (Å²) in [6.45, 7) is 0. The van der Waals surface area contributed by atoms with Crippen LogP contribution in [0, 0.1) is 0 Å². The first kappa shape index (κ1) is 11.9. The highest BCUT2D eigenvalue weighted by Crippen LogP contribution is 2.21. The van der Waals surface area contributed by atoms with Crippen LogP contribution in [-0.4, -0.2) is 17.9 Å². The van der Waals surface area contributed by atoms with Crippen LogP contribution in [0.2, 0.25) is 0 Å². The monoisotopic (exact) mass is 243 g/mol. The van der Waals surface area contributed by atoms with Gasteiger partial charge in [0.05, 0.1) is 0 Å². The molecule has 5 nitrogen and oxygen atoms in total. The first-order chi connectivity index (χ1) is 8.69. The number of hydrogen-bond acceptors (Lipinski definition) is 4. The summed E-state index contributed by atoms with van der Waals surface area (Å²) in [4.78, 5) is 15.0. The van der Waals surface area contributed by atoms with Crippen LogP contribution in [-0.2, 0) is 0 Å². The minimum Gasteiger partial charge on any atom is -0.439 e. The quantitative estimate of drug-likeness (QED) is 0.861. The van der Waals surface area contributed by atoms with Crippen molar-refractivity contribution in [3.63, 3.8) is 0 Å². The number of primary amides is 1. The Morgan fingerprint density at radius 1 is 1.28 bits per heavy atom. The number of amides is 1. The van der Waals surface area contributed by atoms with Crippen molar-refractivity contribution >= 4 is 11.6 Å². The maximum Gasteiger partial charge on any atom is 0.248 e. The molecule has 0 saturated heterocycles. The molecular formula is C13H13N3O2. The number of hydrogen-bond donors (Lipinski definition) is 2. The molecule has 0 aliphatic carbocycles. The molecule has 0 aliphatic heterocycles. The summed E-state index contributed by atoms with van der Waals surface area (Å²) in [5, 5.41) is 3.01. The third kappa shape index (κ3) is 2.76. The zero-order valence-corrected chi connectivity index (χ0v) is 9.88. The van der Waals surface area contributed by atoms with Crippen LogP contribution in [0.3, 0.4) is 0 Å². The van der Waals surface area contributed by atoms with Gasteiger partial charge in [0.1, 0.15) is 5.75 Å². The Morgan fingerprint density at radius 3 is 2.61 bits per heavy atom. The number of anilines is 1. The Labute approximate surface area is 105 Å². The molecule has 0 saturated carbocycles. The van der Waals surface area contributed by atoms with Gasteiger partial charge in [-0.25, -0.2) is 4.98 Å². The second-order valence-electron chi connectivity index (χ2n) is 3.62. The number of pyridine rings is 1. The van der Waals surface area contributed by atoms with Crippen LogP contribution in [0.1, 0.15) is 10.4 Å². The molecular weight excluding hydrogens is 230 g/mol. The number of rotatable bonds is 4. The van der Waals surface area contributed by atoms with E-state index < -0.39 is 5.91 Å². The van der Waals surface area contributed by atoms with Crippen LogP contribution in [0.5, 0.6) is 11.6 Å². The van der Waals surface area contributed by atoms with Crippen molar-refractivity contribution in [3.8, 4) is 11.6 Å². The Morgan fingerprint density at radius 2 is 2.00 bits per heavy atom. The van der Waals surface area contributed by atoms with Gasteiger partial charge in [0, 0.05) is 30.6 Å². The molecule has 1 amide bonds. The van der Waals surface area contributed by atoms with Crippen molar-refractivity contribution in [3.05, 3.63) is 48.2 Å². The van der Waals surface area contributed by atoms with Gasteiger partial charge in [-0.2, -0.15) is 0 Å². The van der Waals surface area contributed by atoms with Crippen molar-refractivity contribution in [1.29, 1.82) is 0 Å². The van der Waals surface area contributed by atoms with Gasteiger partial charge in [-0.15, -0.1) is 0 Å². The zero-order valence-electron chi connectivity index (χ0n) is 9.88. The van der Waals surface area contributed by atoms with Crippen molar-refractivity contribution in [1.82, 2.24) is 4.98 Å². The topological polar surface area (TPSA) is 77.2 Å². The molecule has 0 aliphatic rings. The Hall–Kier alpha value is -2.56. The van der Waals surface area contributed by atoms with E-state index in [-0.39, 0.29) is 0 Å². The molecule has 2 aromatic rings. The lowest BCUT2D eigenvalue weighted by atomic mass is 10.2. The summed E-state index contributed by atoms with van der Waals surface area (Å²) in [6, 6.07) is 10.4. The number of carbonyl (C=O) groups is 1. The summed E-state index contributed by atoms with van der Waals surface area (Å²) in [5.41, 5.74) is 6.54. The van der Waals surface area contributed by atoms with Crippen LogP contribution in [0.4, 0.5) is 5.69 Å². The second kappa shape index (κ2) is 5.18. The van der Waals surface area contributed by atoms with Gasteiger partial charge in [0.15, 0.2) is 0 Å². The molecule has 0 radical (unpaired) electrons. The summed E-state index contributed by atoms with van der Waals surface area (Å²) < 4.78 is 5.52. The van der Waals surface area contributed by atoms with E-state index in [2.05, 4.69) is 10.3 Å². The fourth-order valence-electron chi connectivity index (χ4n) is 1.43. The third-order valence-electron chi connectivity index (χ3n) is 2.38. The van der Waals surface area contributed by atoms with Crippen molar-refractivity contribution in [2.24, 2.45) is 5.73 Å². The van der Waals surface area contributed by atoms with Crippen LogP contribution < -0.4 is 15.8 Å². The van der Waals surface area contributed by atoms with Crippen LogP contribution in [0.25, 0.3) is 0 Å². The fourth-order valence-corrected chi connectivity index (χ4v) is 1.43. The molecule has 5 heteroatoms. The van der Waals surface area contributed by atoms with E-state index in [1.165, 1.54) is 12.3 Å². The van der Waals surface area contributed by atoms with Gasteiger partial charge < -0.3 is 15.8 Å². The van der Waals surface area contributed by atoms with E-state index in [0.717, 1.165) is 5.69 Å². The molecule has 0 bridgehead atoms. The van der Waals surface area contributed by atoms with Gasteiger partial charge in [-0.05, 0) is 30.3 Å². The number of nitrogens with two attached hydrogens (primary N) is 1. The first-order valence-electron chi connectivity index (χ1n) is 5.40. The summed E-state index contributed by atoms with van der Waals surface area (Å²) >= 11 is 0. The molecule has 1 aromatic heterocycles. The second-order valence-corrected chi connectivity index (χ2v) is 3.62. The van der Waals surface area contributed by atoms with E-state index in [9.17, 15) is 4.79 Å². The molecule has 0 spiro atoms. The molecule has 18 heavy (non-hydrogen) atoms. The lowest BCUT2D eigenvalue weighted by Crippen LogP contribution is -2.10. The normalized spacial score (nSPS) is 9.83. The smallest absolute Gasteiger partial charge is 0.248 e. The number of carbonyl (C=O) groups excluding carboxylic acids is 1. The summed E-state index contributed by atoms with van der Waals surface area (Å²) in [6.07, 6.45) is 1.48. The highest BCUT2D eigenvalue weighted by atomic mass is 16.5. The lowest BCUT2D eigenvalue weighted by molar-refractivity contribution is 0.1000. The van der Waals surface area contributed by atoms with Gasteiger partial charge in [0.2, 0.25) is 11.8 Å². The number of nitrogens with zero attached hydrogens (tertiary/aromatic N) is 1. The predicted octanol–water partition coefficient (Wildman–Crippen LogP) is 2.01. The number of aromatic nitrogens is 1. The number of ether oxygens (including phenoxy) is 1. The first-order valence-corrected chi connectivity index (χ1v) is 5.40. The van der Waals surface area contributed by atoms with Crippen molar-refractivity contribution in [2.75, 3.05) is 12.4 Å². The SMILES string of the molecule is CNc1ccc(Oc2cc(C(N)=O)ccn2)cc1. The molecule has 3 N–H and O–H groups in total. The molecule has 1 aromatic carbocycles. The van der Waals surface area contributed by atoms with E-state index in [0.29, 0.717) is 17.2 Å². The van der Waals surface area contributed by atoms with E-state index in [4.69, 9.17) is 10.5 Å². The largest absolute Gasteiger partial charge is 0.439 e. The molecule has 0 unspecified atom stereocenters. The van der Waals surface area contributed by atoms with Gasteiger partial charge >= 0.3 is 0 Å². The van der Waals surface area contributed by atoms with Gasteiger partial charge in [-0.1, -0.05) is 0 Å². The van der Waals surface area contributed by atoms with Crippen LogP contribution in [0.15, 0.2) is 42.6 Å². The summed E-state index contributed by atoms with van der Waals surface area (Å²) in [5.74, 6) is 0.472. The van der Waals surface area contributed by atoms with Crippen molar-refractivity contribution in [2.45, 2.75) is 0 Å². The maximum absolute atomic E-state index is 11.0. The maximum atomic E-state index is 11.0. The van der Waals surface area contributed by atoms with Crippen LogP contribution >= 0.6 is 0 Å². The Balaban J connectivity index is 2.17. The Bertz CT molecular complexity index is 552. The van der Waals surface area contributed by atoms with Gasteiger partial charge in [0.25, 0.3) is 0 Å². The third-order valence-corrected chi connectivity index (χ3v) is 2.38. The van der Waals surface area contributed by atoms with Gasteiger partial charge in [-0.3, -0.25) is 4.79 Å². The molecule has 1 heterocycles. The average molecular weight is 243 g/mol. The van der Waals surface area contributed by atoms with Crippen molar-refractivity contribution < 1.29 is 9.53 Å². The highest BCUT2D eigenvalue weighted by molar-refractivity contribution is 5.92. The zero-order chi connectivity index (χ0) is 13.0. The minimum atomic E-state index is -0.507.